The molecule has 13 heteroatoms. The van der Waals surface area contributed by atoms with E-state index in [0.717, 1.165) is 5.56 Å². The van der Waals surface area contributed by atoms with E-state index in [1.54, 1.807) is 52.1 Å². The second-order valence-corrected chi connectivity index (χ2v) is 13.2. The molecule has 0 aliphatic carbocycles. The van der Waals surface area contributed by atoms with Crippen LogP contribution in [0.4, 0.5) is 9.59 Å². The van der Waals surface area contributed by atoms with Crippen LogP contribution >= 0.6 is 31.9 Å². The van der Waals surface area contributed by atoms with E-state index in [9.17, 15) is 18.0 Å². The number of sulfonamides is 1. The van der Waals surface area contributed by atoms with E-state index in [1.165, 1.54) is 11.0 Å². The van der Waals surface area contributed by atoms with Gasteiger partial charge in [0.15, 0.2) is 0 Å². The number of amides is 2. The largest absolute Gasteiger partial charge is 0.497 e. The molecule has 1 aliphatic heterocycles. The number of ether oxygens (including phenoxy) is 3. The van der Waals surface area contributed by atoms with E-state index in [0.29, 0.717) is 14.7 Å². The molecule has 3 rings (SSSR count). The average molecular weight is 677 g/mol. The van der Waals surface area contributed by atoms with Crippen molar-refractivity contribution >= 4 is 54.1 Å². The van der Waals surface area contributed by atoms with E-state index < -0.39 is 39.9 Å². The number of carbonyl (C=O) groups excluding carboxylic acids is 2. The lowest BCUT2D eigenvalue weighted by Crippen LogP contribution is -2.43. The highest BCUT2D eigenvalue weighted by Gasteiger charge is 2.40. The Hall–Kier alpha value is -2.35. The molecule has 0 bridgehead atoms. The number of benzene rings is 2. The van der Waals surface area contributed by atoms with Crippen molar-refractivity contribution in [1.82, 2.24) is 14.9 Å². The van der Waals surface area contributed by atoms with Crippen LogP contribution < -0.4 is 14.8 Å². The van der Waals surface area contributed by atoms with Crippen LogP contribution in [-0.4, -0.2) is 63.5 Å². The van der Waals surface area contributed by atoms with Crippen LogP contribution in [0.25, 0.3) is 0 Å². The zero-order valence-electron chi connectivity index (χ0n) is 21.5. The van der Waals surface area contributed by atoms with Crippen molar-refractivity contribution in [2.24, 2.45) is 0 Å². The quantitative estimate of drug-likeness (QED) is 0.412. The number of halogens is 2. The smallest absolute Gasteiger partial charge is 0.410 e. The van der Waals surface area contributed by atoms with E-state index >= 15 is 0 Å². The summed E-state index contributed by atoms with van der Waals surface area (Å²) in [6, 6.07) is 10.8. The highest BCUT2D eigenvalue weighted by molar-refractivity contribution is 9.11. The minimum absolute atomic E-state index is 0.0568. The zero-order valence-corrected chi connectivity index (χ0v) is 25.5. The van der Waals surface area contributed by atoms with Crippen LogP contribution in [0.1, 0.15) is 32.8 Å². The number of carbonyl (C=O) groups is 2. The van der Waals surface area contributed by atoms with Gasteiger partial charge in [-0.15, -0.1) is 0 Å². The van der Waals surface area contributed by atoms with Crippen molar-refractivity contribution in [2.45, 2.75) is 56.3 Å². The van der Waals surface area contributed by atoms with Crippen molar-refractivity contribution in [3.05, 3.63) is 57.0 Å². The molecule has 0 aromatic heterocycles. The Morgan fingerprint density at radius 3 is 2.42 bits per heavy atom. The van der Waals surface area contributed by atoms with Gasteiger partial charge >= 0.3 is 12.2 Å². The molecule has 0 unspecified atom stereocenters. The van der Waals surface area contributed by atoms with E-state index in [-0.39, 0.29) is 31.0 Å². The summed E-state index contributed by atoms with van der Waals surface area (Å²) in [4.78, 5) is 26.7. The SMILES string of the molecule is COc1ccc(CNC(=O)OC[C@H]2C[C@@H](NS(=O)(=O)c3cc(Br)ccc3Br)CN2C(=O)OC(C)(C)C)cc1. The van der Waals surface area contributed by atoms with Crippen LogP contribution in [0.5, 0.6) is 5.75 Å². The van der Waals surface area contributed by atoms with E-state index in [4.69, 9.17) is 14.2 Å². The third kappa shape index (κ3) is 8.58. The van der Waals surface area contributed by atoms with Gasteiger partial charge in [-0.2, -0.15) is 0 Å². The highest BCUT2D eigenvalue weighted by atomic mass is 79.9. The third-order valence-electron chi connectivity index (χ3n) is 5.55. The molecule has 2 aromatic carbocycles. The first-order valence-electron chi connectivity index (χ1n) is 11.8. The Labute approximate surface area is 239 Å². The molecule has 1 aliphatic rings. The molecule has 1 fully saturated rings. The molecule has 0 spiro atoms. The maximum atomic E-state index is 13.1. The van der Waals surface area contributed by atoms with Crippen molar-refractivity contribution in [2.75, 3.05) is 20.3 Å². The zero-order chi connectivity index (χ0) is 28.1. The van der Waals surface area contributed by atoms with Gasteiger partial charge in [-0.25, -0.2) is 22.7 Å². The number of methoxy groups -OCH3 is 1. The predicted molar refractivity (Wildman–Crippen MR) is 148 cm³/mol. The summed E-state index contributed by atoms with van der Waals surface area (Å²) < 4.78 is 45.9. The topological polar surface area (TPSA) is 123 Å². The molecule has 1 saturated heterocycles. The summed E-state index contributed by atoms with van der Waals surface area (Å²) in [5, 5.41) is 2.67. The van der Waals surface area contributed by atoms with Crippen LogP contribution in [-0.2, 0) is 26.0 Å². The van der Waals surface area contributed by atoms with Gasteiger partial charge in [-0.1, -0.05) is 28.1 Å². The van der Waals surface area contributed by atoms with Gasteiger partial charge in [0, 0.05) is 28.1 Å². The molecule has 1 heterocycles. The first-order chi connectivity index (χ1) is 17.8. The van der Waals surface area contributed by atoms with Gasteiger partial charge in [0.1, 0.15) is 18.0 Å². The number of alkyl carbamates (subject to hydrolysis) is 1. The summed E-state index contributed by atoms with van der Waals surface area (Å²) in [6.07, 6.45) is -1.04. The van der Waals surface area contributed by atoms with Crippen molar-refractivity contribution in [3.63, 3.8) is 0 Å². The first-order valence-corrected chi connectivity index (χ1v) is 14.8. The summed E-state index contributed by atoms with van der Waals surface area (Å²) in [5.41, 5.74) is 0.101. The minimum Gasteiger partial charge on any atom is -0.497 e. The maximum Gasteiger partial charge on any atom is 0.410 e. The first kappa shape index (κ1) is 30.2. The van der Waals surface area contributed by atoms with Gasteiger partial charge in [-0.3, -0.25) is 0 Å². The Balaban J connectivity index is 1.65. The molecule has 10 nitrogen and oxygen atoms in total. The van der Waals surface area contributed by atoms with Crippen LogP contribution in [0.3, 0.4) is 0 Å². The number of nitrogens with zero attached hydrogens (tertiary/aromatic N) is 1. The molecule has 38 heavy (non-hydrogen) atoms. The lowest BCUT2D eigenvalue weighted by molar-refractivity contribution is 0.0157. The van der Waals surface area contributed by atoms with Gasteiger partial charge < -0.3 is 24.4 Å². The van der Waals surface area contributed by atoms with Gasteiger partial charge in [0.05, 0.1) is 18.0 Å². The predicted octanol–water partition coefficient (Wildman–Crippen LogP) is 4.80. The monoisotopic (exact) mass is 675 g/mol. The van der Waals surface area contributed by atoms with Crippen molar-refractivity contribution in [1.29, 1.82) is 0 Å². The van der Waals surface area contributed by atoms with E-state index in [1.807, 2.05) is 12.1 Å². The fraction of sp³-hybridized carbons (Fsp3) is 0.440. The number of rotatable bonds is 8. The van der Waals surface area contributed by atoms with Crippen molar-refractivity contribution in [3.8, 4) is 5.75 Å². The molecule has 2 aromatic rings. The molecule has 2 atom stereocenters. The summed E-state index contributed by atoms with van der Waals surface area (Å²) in [7, 11) is -2.34. The Kier molecular flexibility index (Phi) is 10.1. The second kappa shape index (κ2) is 12.7. The Bertz CT molecular complexity index is 1250. The molecule has 0 saturated carbocycles. The minimum atomic E-state index is -3.91. The molecule has 208 valence electrons. The van der Waals surface area contributed by atoms with Crippen LogP contribution in [0.15, 0.2) is 56.3 Å². The van der Waals surface area contributed by atoms with E-state index in [2.05, 4.69) is 41.9 Å². The van der Waals surface area contributed by atoms with Gasteiger partial charge in [0.25, 0.3) is 0 Å². The Morgan fingerprint density at radius 1 is 1.11 bits per heavy atom. The lowest BCUT2D eigenvalue weighted by atomic mass is 10.2. The fourth-order valence-electron chi connectivity index (χ4n) is 3.81. The summed E-state index contributed by atoms with van der Waals surface area (Å²) >= 11 is 6.57. The third-order valence-corrected chi connectivity index (χ3v) is 8.56. The van der Waals surface area contributed by atoms with Gasteiger partial charge in [0.2, 0.25) is 10.0 Å². The Morgan fingerprint density at radius 2 is 1.79 bits per heavy atom. The summed E-state index contributed by atoms with van der Waals surface area (Å²) in [5.74, 6) is 0.706. The second-order valence-electron chi connectivity index (χ2n) is 9.72. The number of hydrogen-bond acceptors (Lipinski definition) is 7. The maximum absolute atomic E-state index is 13.1. The molecular formula is C25H31Br2N3O7S. The standard InChI is InChI=1S/C25H31Br2N3O7S/c1-25(2,3)37-24(32)30-14-18(29-38(33,34)22-11-17(26)7-10-21(22)27)12-19(30)15-36-23(31)28-13-16-5-8-20(35-4)9-6-16/h5-11,18-19,29H,12-15H2,1-4H3,(H,28,31)/t18-,19-/m1/s1. The van der Waals surface area contributed by atoms with Crippen molar-refractivity contribution < 1.29 is 32.2 Å². The average Bonchev–Trinajstić information content (AvgIpc) is 3.24. The number of hydrogen-bond donors (Lipinski definition) is 2. The highest BCUT2D eigenvalue weighted by Crippen LogP contribution is 2.28. The van der Waals surface area contributed by atoms with Crippen LogP contribution in [0, 0.1) is 0 Å². The summed E-state index contributed by atoms with van der Waals surface area (Å²) in [6.45, 7) is 5.39. The number of likely N-dealkylation sites (tertiary alicyclic amines) is 1. The molecular weight excluding hydrogens is 646 g/mol. The van der Waals surface area contributed by atoms with Crippen LogP contribution in [0.2, 0.25) is 0 Å². The fourth-order valence-corrected chi connectivity index (χ4v) is 6.55. The van der Waals surface area contributed by atoms with Gasteiger partial charge in [-0.05, 0) is 79.0 Å². The molecule has 2 N–H and O–H groups in total. The molecule has 0 radical (unpaired) electrons. The number of nitrogens with one attached hydrogen (secondary N) is 2. The lowest BCUT2D eigenvalue weighted by Gasteiger charge is -2.28. The molecule has 2 amide bonds. The normalized spacial score (nSPS) is 17.7.